The van der Waals surface area contributed by atoms with Crippen molar-refractivity contribution in [2.75, 3.05) is 33.5 Å². The van der Waals surface area contributed by atoms with Crippen molar-refractivity contribution in [3.63, 3.8) is 0 Å². The molecule has 2 rings (SSSR count). The summed E-state index contributed by atoms with van der Waals surface area (Å²) in [6.45, 7) is 2.07. The Kier molecular flexibility index (Phi) is 6.32. The van der Waals surface area contributed by atoms with Crippen molar-refractivity contribution in [3.05, 3.63) is 24.0 Å². The second-order valence-corrected chi connectivity index (χ2v) is 4.30. The van der Waals surface area contributed by atoms with E-state index in [9.17, 15) is 0 Å². The first-order chi connectivity index (χ1) is 10.3. The molecule has 0 fully saturated rings. The van der Waals surface area contributed by atoms with E-state index < -0.39 is 0 Å². The Bertz CT molecular complexity index is 538. The van der Waals surface area contributed by atoms with Crippen LogP contribution < -0.4 is 4.74 Å². The Morgan fingerprint density at radius 3 is 2.81 bits per heavy atom. The van der Waals surface area contributed by atoms with Crippen LogP contribution in [0.1, 0.15) is 6.42 Å². The molecule has 114 valence electrons. The summed E-state index contributed by atoms with van der Waals surface area (Å²) in [5.74, 6) is 0.350. The van der Waals surface area contributed by atoms with Crippen molar-refractivity contribution >= 4 is 11.6 Å². The topological polar surface area (TPSA) is 84.2 Å². The van der Waals surface area contributed by atoms with Gasteiger partial charge in [0.05, 0.1) is 6.61 Å². The highest BCUT2D eigenvalue weighted by Crippen LogP contribution is 2.10. The summed E-state index contributed by atoms with van der Waals surface area (Å²) in [7, 11) is 1.66. The molecule has 8 nitrogen and oxygen atoms in total. The average molecular weight is 314 g/mol. The van der Waals surface area contributed by atoms with Gasteiger partial charge in [-0.3, -0.25) is 4.57 Å². The van der Waals surface area contributed by atoms with Crippen molar-refractivity contribution < 1.29 is 14.2 Å². The molecule has 9 heteroatoms. The summed E-state index contributed by atoms with van der Waals surface area (Å²) in [6.07, 6.45) is 5.73. The van der Waals surface area contributed by atoms with Crippen LogP contribution in [0.5, 0.6) is 6.01 Å². The van der Waals surface area contributed by atoms with Crippen LogP contribution in [0, 0.1) is 0 Å². The fourth-order valence-corrected chi connectivity index (χ4v) is 1.63. The molecule has 0 aliphatic rings. The lowest BCUT2D eigenvalue weighted by molar-refractivity contribution is 0.0782. The maximum absolute atomic E-state index is 5.84. The lowest BCUT2D eigenvalue weighted by Gasteiger charge is -2.07. The molecule has 0 aromatic carbocycles. The highest BCUT2D eigenvalue weighted by atomic mass is 35.5. The zero-order valence-electron chi connectivity index (χ0n) is 11.6. The fourth-order valence-electron chi connectivity index (χ4n) is 1.48. The quantitative estimate of drug-likeness (QED) is 0.642. The number of halogens is 1. The molecule has 0 aliphatic heterocycles. The molecular formula is C12H16ClN5O3. The highest BCUT2D eigenvalue weighted by Gasteiger charge is 2.07. The highest BCUT2D eigenvalue weighted by molar-refractivity contribution is 6.28. The van der Waals surface area contributed by atoms with E-state index in [2.05, 4.69) is 19.9 Å². The molecule has 0 unspecified atom stereocenters. The summed E-state index contributed by atoms with van der Waals surface area (Å²) < 4.78 is 17.3. The van der Waals surface area contributed by atoms with Gasteiger partial charge in [0, 0.05) is 32.7 Å². The monoisotopic (exact) mass is 313 g/mol. The van der Waals surface area contributed by atoms with Crippen LogP contribution in [0.25, 0.3) is 5.95 Å². The van der Waals surface area contributed by atoms with Gasteiger partial charge in [-0.25, -0.2) is 4.98 Å². The predicted molar refractivity (Wildman–Crippen MR) is 74.8 cm³/mol. The number of hydrogen-bond acceptors (Lipinski definition) is 7. The third-order valence-electron chi connectivity index (χ3n) is 2.41. The Balaban J connectivity index is 1.81. The zero-order valence-corrected chi connectivity index (χ0v) is 12.4. The van der Waals surface area contributed by atoms with Gasteiger partial charge in [0.1, 0.15) is 12.9 Å². The SMILES string of the molecule is COCCCOCCOc1nc(Cl)nc(-n2ccnc2)n1. The first-order valence-electron chi connectivity index (χ1n) is 6.39. The molecule has 0 aliphatic carbocycles. The van der Waals surface area contributed by atoms with Crippen LogP contribution in [-0.2, 0) is 9.47 Å². The molecule has 0 atom stereocenters. The number of rotatable bonds is 9. The van der Waals surface area contributed by atoms with Crippen molar-refractivity contribution in [1.29, 1.82) is 0 Å². The molecule has 0 saturated carbocycles. The van der Waals surface area contributed by atoms with E-state index in [-0.39, 0.29) is 11.3 Å². The summed E-state index contributed by atoms with van der Waals surface area (Å²) in [4.78, 5) is 16.0. The molecule has 2 aromatic heterocycles. The van der Waals surface area contributed by atoms with Gasteiger partial charge in [0.15, 0.2) is 0 Å². The standard InChI is InChI=1S/C12H16ClN5O3/c1-19-5-2-6-20-7-8-21-12-16-10(13)15-11(17-12)18-4-3-14-9-18/h3-4,9H,2,5-8H2,1H3. The van der Waals surface area contributed by atoms with Crippen LogP contribution in [0.2, 0.25) is 5.28 Å². The summed E-state index contributed by atoms with van der Waals surface area (Å²) in [5.41, 5.74) is 0. The van der Waals surface area contributed by atoms with Crippen molar-refractivity contribution in [2.45, 2.75) is 6.42 Å². The molecule has 0 radical (unpaired) electrons. The Morgan fingerprint density at radius 2 is 2.05 bits per heavy atom. The van der Waals surface area contributed by atoms with Gasteiger partial charge in [-0.15, -0.1) is 0 Å². The van der Waals surface area contributed by atoms with Crippen molar-refractivity contribution in [1.82, 2.24) is 24.5 Å². The van der Waals surface area contributed by atoms with Gasteiger partial charge in [-0.2, -0.15) is 15.0 Å². The Hall–Kier alpha value is -1.77. The molecule has 0 N–H and O–H groups in total. The van der Waals surface area contributed by atoms with Gasteiger partial charge in [0.2, 0.25) is 11.2 Å². The number of imidazole rings is 1. The Morgan fingerprint density at radius 1 is 1.14 bits per heavy atom. The van der Waals surface area contributed by atoms with Crippen LogP contribution in [-0.4, -0.2) is 58.0 Å². The van der Waals surface area contributed by atoms with Crippen LogP contribution in [0.4, 0.5) is 0 Å². The number of aromatic nitrogens is 5. The maximum Gasteiger partial charge on any atom is 0.322 e. The van der Waals surface area contributed by atoms with Crippen molar-refractivity contribution in [2.24, 2.45) is 0 Å². The smallest absolute Gasteiger partial charge is 0.322 e. The van der Waals surface area contributed by atoms with E-state index in [1.165, 1.54) is 0 Å². The summed E-state index contributed by atoms with van der Waals surface area (Å²) in [6, 6.07) is 0.152. The maximum atomic E-state index is 5.84. The van der Waals surface area contributed by atoms with Crippen molar-refractivity contribution in [3.8, 4) is 12.0 Å². The number of ether oxygens (including phenoxy) is 3. The first kappa shape index (κ1) is 15.6. The lowest BCUT2D eigenvalue weighted by atomic mass is 10.5. The Labute approximate surface area is 127 Å². The summed E-state index contributed by atoms with van der Waals surface area (Å²) in [5, 5.41) is 0.0599. The van der Waals surface area contributed by atoms with Crippen LogP contribution in [0.3, 0.4) is 0 Å². The van der Waals surface area contributed by atoms with Gasteiger partial charge < -0.3 is 14.2 Å². The molecule has 0 amide bonds. The van der Waals surface area contributed by atoms with E-state index in [1.807, 2.05) is 0 Å². The van der Waals surface area contributed by atoms with E-state index in [0.717, 1.165) is 6.42 Å². The molecule has 2 heterocycles. The first-order valence-corrected chi connectivity index (χ1v) is 6.77. The summed E-state index contributed by atoms with van der Waals surface area (Å²) >= 11 is 5.84. The molecular weight excluding hydrogens is 298 g/mol. The second kappa shape index (κ2) is 8.50. The molecule has 0 bridgehead atoms. The van der Waals surface area contributed by atoms with E-state index in [1.54, 1.807) is 30.4 Å². The van der Waals surface area contributed by atoms with E-state index >= 15 is 0 Å². The largest absolute Gasteiger partial charge is 0.461 e. The molecule has 21 heavy (non-hydrogen) atoms. The zero-order chi connectivity index (χ0) is 14.9. The van der Waals surface area contributed by atoms with E-state index in [4.69, 9.17) is 25.8 Å². The van der Waals surface area contributed by atoms with E-state index in [0.29, 0.717) is 32.4 Å². The molecule has 2 aromatic rings. The molecule has 0 saturated heterocycles. The minimum Gasteiger partial charge on any atom is -0.461 e. The van der Waals surface area contributed by atoms with Gasteiger partial charge in [-0.1, -0.05) is 0 Å². The van der Waals surface area contributed by atoms with Gasteiger partial charge in [0.25, 0.3) is 0 Å². The number of nitrogens with zero attached hydrogens (tertiary/aromatic N) is 5. The fraction of sp³-hybridized carbons (Fsp3) is 0.500. The second-order valence-electron chi connectivity index (χ2n) is 3.96. The minimum absolute atomic E-state index is 0.0599. The van der Waals surface area contributed by atoms with Crippen LogP contribution >= 0.6 is 11.6 Å². The third kappa shape index (κ3) is 5.25. The lowest BCUT2D eigenvalue weighted by Crippen LogP contribution is -2.11. The van der Waals surface area contributed by atoms with Crippen LogP contribution in [0.15, 0.2) is 18.7 Å². The van der Waals surface area contributed by atoms with Gasteiger partial charge >= 0.3 is 6.01 Å². The third-order valence-corrected chi connectivity index (χ3v) is 2.58. The number of hydrogen-bond donors (Lipinski definition) is 0. The van der Waals surface area contributed by atoms with Gasteiger partial charge in [-0.05, 0) is 18.0 Å². The normalized spacial score (nSPS) is 10.8. The average Bonchev–Trinajstić information content (AvgIpc) is 3.00. The predicted octanol–water partition coefficient (Wildman–Crippen LogP) is 1.14. The molecule has 0 spiro atoms. The minimum atomic E-state index is 0.0599. The number of methoxy groups -OCH3 is 1.